The summed E-state index contributed by atoms with van der Waals surface area (Å²) in [6.07, 6.45) is 1.66. The number of alkyl halides is 1. The third-order valence-electron chi connectivity index (χ3n) is 8.26. The van der Waals surface area contributed by atoms with Gasteiger partial charge in [0.25, 0.3) is 0 Å². The van der Waals surface area contributed by atoms with Crippen LogP contribution in [0.4, 0.5) is 15.9 Å². The highest BCUT2D eigenvalue weighted by molar-refractivity contribution is 5.94. The first-order chi connectivity index (χ1) is 19.0. The van der Waals surface area contributed by atoms with Gasteiger partial charge < -0.3 is 25.4 Å². The lowest BCUT2D eigenvalue weighted by Gasteiger charge is -2.41. The third kappa shape index (κ3) is 4.74. The Morgan fingerprint density at radius 1 is 1.18 bits per heavy atom. The lowest BCUT2D eigenvalue weighted by atomic mass is 9.80. The highest BCUT2D eigenvalue weighted by atomic mass is 19.1. The van der Waals surface area contributed by atoms with Crippen molar-refractivity contribution < 1.29 is 23.5 Å². The monoisotopic (exact) mass is 547 g/mol. The maximum Gasteiger partial charge on any atom is 0.340 e. The molecule has 1 aliphatic carbocycles. The number of nitrogens with zero attached hydrogens (tertiary/aromatic N) is 3. The SMILES string of the molecule is C[C@@H]1OC(=O)c2ccc(Nc3ccc4c(OC5CC(C(=O)N6CC(F)C6)C5)ncc(C(C)(C)N)c4c3)nc2[C@H]1C. The van der Waals surface area contributed by atoms with Crippen LogP contribution < -0.4 is 15.8 Å². The van der Waals surface area contributed by atoms with E-state index in [1.807, 2.05) is 45.9 Å². The number of aromatic nitrogens is 2. The van der Waals surface area contributed by atoms with Crippen molar-refractivity contribution in [1.29, 1.82) is 0 Å². The van der Waals surface area contributed by atoms with Crippen molar-refractivity contribution >= 4 is 34.2 Å². The van der Waals surface area contributed by atoms with E-state index in [0.29, 0.717) is 35.8 Å². The average molecular weight is 548 g/mol. The zero-order chi connectivity index (χ0) is 28.3. The minimum absolute atomic E-state index is 0.0130. The van der Waals surface area contributed by atoms with E-state index in [0.717, 1.165) is 22.0 Å². The molecule has 0 radical (unpaired) electrons. The van der Waals surface area contributed by atoms with Crippen molar-refractivity contribution in [3.05, 3.63) is 53.3 Å². The van der Waals surface area contributed by atoms with Gasteiger partial charge in [-0.05, 0) is 74.9 Å². The number of amides is 1. The Morgan fingerprint density at radius 2 is 1.93 bits per heavy atom. The third-order valence-corrected chi connectivity index (χ3v) is 8.26. The molecule has 2 aliphatic heterocycles. The van der Waals surface area contributed by atoms with Gasteiger partial charge in [-0.1, -0.05) is 6.92 Å². The lowest BCUT2D eigenvalue weighted by Crippen LogP contribution is -2.56. The largest absolute Gasteiger partial charge is 0.474 e. The summed E-state index contributed by atoms with van der Waals surface area (Å²) in [6, 6.07) is 9.38. The normalized spacial score (nSPS) is 24.6. The predicted molar refractivity (Wildman–Crippen MR) is 148 cm³/mol. The highest BCUT2D eigenvalue weighted by Crippen LogP contribution is 2.38. The van der Waals surface area contributed by atoms with E-state index in [9.17, 15) is 14.0 Å². The number of rotatable bonds is 6. The Balaban J connectivity index is 1.24. The molecule has 4 heterocycles. The van der Waals surface area contributed by atoms with E-state index >= 15 is 0 Å². The maximum atomic E-state index is 13.1. The molecular weight excluding hydrogens is 513 g/mol. The van der Waals surface area contributed by atoms with Crippen LogP contribution >= 0.6 is 0 Å². The molecule has 10 heteroatoms. The summed E-state index contributed by atoms with van der Waals surface area (Å²) >= 11 is 0. The molecule has 0 spiro atoms. The van der Waals surface area contributed by atoms with Crippen molar-refractivity contribution in [1.82, 2.24) is 14.9 Å². The predicted octanol–water partition coefficient (Wildman–Crippen LogP) is 4.57. The molecule has 3 aliphatic rings. The van der Waals surface area contributed by atoms with Gasteiger partial charge in [-0.2, -0.15) is 0 Å². The zero-order valence-electron chi connectivity index (χ0n) is 23.1. The van der Waals surface area contributed by atoms with Crippen molar-refractivity contribution in [2.75, 3.05) is 18.4 Å². The number of fused-ring (bicyclic) bond motifs is 2. The van der Waals surface area contributed by atoms with Crippen LogP contribution in [0.2, 0.25) is 0 Å². The number of halogens is 1. The Hall–Kier alpha value is -3.79. The fourth-order valence-corrected chi connectivity index (χ4v) is 5.55. The molecule has 1 amide bonds. The summed E-state index contributed by atoms with van der Waals surface area (Å²) in [5.41, 5.74) is 8.73. The number of ether oxygens (including phenoxy) is 2. The summed E-state index contributed by atoms with van der Waals surface area (Å²) < 4.78 is 24.8. The molecular formula is C30H34FN5O4. The number of carbonyl (C=O) groups is 2. The van der Waals surface area contributed by atoms with Gasteiger partial charge in [-0.25, -0.2) is 19.2 Å². The molecule has 1 saturated carbocycles. The number of hydrogen-bond acceptors (Lipinski definition) is 8. The molecule has 3 aromatic rings. The molecule has 1 saturated heterocycles. The van der Waals surface area contributed by atoms with Crippen LogP contribution in [0.3, 0.4) is 0 Å². The van der Waals surface area contributed by atoms with Crippen LogP contribution in [0.5, 0.6) is 5.88 Å². The molecule has 2 atom stereocenters. The fraction of sp³-hybridized carbons (Fsp3) is 0.467. The lowest BCUT2D eigenvalue weighted by molar-refractivity contribution is -0.148. The number of cyclic esters (lactones) is 1. The number of pyridine rings is 2. The summed E-state index contributed by atoms with van der Waals surface area (Å²) in [7, 11) is 0. The molecule has 6 rings (SSSR count). The second-order valence-electron chi connectivity index (χ2n) is 11.9. The minimum Gasteiger partial charge on any atom is -0.474 e. The van der Waals surface area contributed by atoms with Gasteiger partial charge in [0.05, 0.1) is 24.3 Å². The van der Waals surface area contributed by atoms with Crippen LogP contribution in [0.15, 0.2) is 36.5 Å². The van der Waals surface area contributed by atoms with Crippen molar-refractivity contribution in [3.8, 4) is 5.88 Å². The minimum atomic E-state index is -0.898. The first-order valence-electron chi connectivity index (χ1n) is 13.8. The topological polar surface area (TPSA) is 120 Å². The Bertz CT molecular complexity index is 1490. The fourth-order valence-electron chi connectivity index (χ4n) is 5.55. The van der Waals surface area contributed by atoms with E-state index in [-0.39, 0.29) is 49.0 Å². The highest BCUT2D eigenvalue weighted by Gasteiger charge is 2.42. The summed E-state index contributed by atoms with van der Waals surface area (Å²) in [5.74, 6) is 0.632. The molecule has 2 aromatic heterocycles. The number of anilines is 2. The number of esters is 1. The Labute approximate surface area is 232 Å². The van der Waals surface area contributed by atoms with Crippen LogP contribution in [0.25, 0.3) is 10.8 Å². The molecule has 9 nitrogen and oxygen atoms in total. The summed E-state index contributed by atoms with van der Waals surface area (Å²) in [6.45, 7) is 8.12. The number of hydrogen-bond donors (Lipinski definition) is 2. The molecule has 2 fully saturated rings. The Kier molecular flexibility index (Phi) is 6.40. The van der Waals surface area contributed by atoms with Crippen molar-refractivity contribution in [3.63, 3.8) is 0 Å². The Morgan fingerprint density at radius 3 is 2.62 bits per heavy atom. The van der Waals surface area contributed by atoms with Gasteiger partial charge >= 0.3 is 5.97 Å². The van der Waals surface area contributed by atoms with Gasteiger partial charge in [0.2, 0.25) is 11.8 Å². The molecule has 40 heavy (non-hydrogen) atoms. The van der Waals surface area contributed by atoms with Crippen LogP contribution in [-0.4, -0.2) is 58.2 Å². The van der Waals surface area contributed by atoms with Gasteiger partial charge in [0.1, 0.15) is 24.2 Å². The zero-order valence-corrected chi connectivity index (χ0v) is 23.1. The number of likely N-dealkylation sites (tertiary alicyclic amines) is 1. The second-order valence-corrected chi connectivity index (χ2v) is 11.9. The molecule has 0 bridgehead atoms. The number of nitrogens with one attached hydrogen (secondary N) is 1. The van der Waals surface area contributed by atoms with Gasteiger partial charge in [0, 0.05) is 34.6 Å². The molecule has 0 unspecified atom stereocenters. The maximum absolute atomic E-state index is 13.1. The van der Waals surface area contributed by atoms with E-state index in [1.165, 1.54) is 0 Å². The number of nitrogens with two attached hydrogens (primary N) is 1. The smallest absolute Gasteiger partial charge is 0.340 e. The summed E-state index contributed by atoms with van der Waals surface area (Å²) in [4.78, 5) is 35.7. The van der Waals surface area contributed by atoms with Crippen LogP contribution in [0.1, 0.15) is 68.1 Å². The van der Waals surface area contributed by atoms with Gasteiger partial charge in [-0.15, -0.1) is 0 Å². The molecule has 210 valence electrons. The molecule has 1 aromatic carbocycles. The quantitative estimate of drug-likeness (QED) is 0.431. The summed E-state index contributed by atoms with van der Waals surface area (Å²) in [5, 5.41) is 5.08. The van der Waals surface area contributed by atoms with Crippen molar-refractivity contribution in [2.24, 2.45) is 11.7 Å². The number of carbonyl (C=O) groups excluding carboxylic acids is 2. The second kappa shape index (κ2) is 9.69. The van der Waals surface area contributed by atoms with E-state index in [1.54, 1.807) is 23.2 Å². The van der Waals surface area contributed by atoms with E-state index in [2.05, 4.69) is 10.3 Å². The van der Waals surface area contributed by atoms with Crippen molar-refractivity contribution in [2.45, 2.75) is 70.4 Å². The standard InChI is InChI=1S/C30H34FN5O4/c1-15-16(2)39-29(38)22-7-8-25(35-26(15)22)34-19-5-6-21-23(11-19)24(30(3,4)32)12-33-27(21)40-20-9-17(10-20)28(37)36-13-18(31)14-36/h5-8,11-12,15-18,20H,9-10,13-14,32H2,1-4H3,(H,34,35)/t15-,16-,17?,20?/m0/s1. The first-order valence-corrected chi connectivity index (χ1v) is 13.8. The van der Waals surface area contributed by atoms with Gasteiger partial charge in [0.15, 0.2) is 0 Å². The van der Waals surface area contributed by atoms with Gasteiger partial charge in [-0.3, -0.25) is 4.79 Å². The number of benzene rings is 1. The molecule has 3 N–H and O–H groups in total. The van der Waals surface area contributed by atoms with Crippen LogP contribution in [-0.2, 0) is 15.1 Å². The average Bonchev–Trinajstić information content (AvgIpc) is 2.86. The van der Waals surface area contributed by atoms with E-state index in [4.69, 9.17) is 20.2 Å². The van der Waals surface area contributed by atoms with Crippen LogP contribution in [0, 0.1) is 5.92 Å². The van der Waals surface area contributed by atoms with E-state index < -0.39 is 11.7 Å². The first kappa shape index (κ1) is 26.4.